The Morgan fingerprint density at radius 3 is 2.25 bits per heavy atom. The van der Waals surface area contributed by atoms with E-state index < -0.39 is 12.1 Å². The van der Waals surface area contributed by atoms with Crippen LogP contribution >= 0.6 is 0 Å². The van der Waals surface area contributed by atoms with Gasteiger partial charge < -0.3 is 14.7 Å². The smallest absolute Gasteiger partial charge is 0.306 e. The zero-order valence-corrected chi connectivity index (χ0v) is 12.2. The highest BCUT2D eigenvalue weighted by Gasteiger charge is 2.30. The highest BCUT2D eigenvalue weighted by atomic mass is 16.5. The van der Waals surface area contributed by atoms with Crippen LogP contribution in [0.1, 0.15) is 51.9 Å². The van der Waals surface area contributed by atoms with Crippen molar-refractivity contribution in [1.82, 2.24) is 4.90 Å². The molecule has 5 nitrogen and oxygen atoms in total. The summed E-state index contributed by atoms with van der Waals surface area (Å²) >= 11 is 0. The number of carbonyl (C=O) groups is 2. The van der Waals surface area contributed by atoms with Crippen LogP contribution in [0.3, 0.4) is 0 Å². The lowest BCUT2D eigenvalue weighted by molar-refractivity contribution is -0.151. The summed E-state index contributed by atoms with van der Waals surface area (Å²) in [6.45, 7) is 3.51. The van der Waals surface area contributed by atoms with Gasteiger partial charge in [0.2, 0.25) is 0 Å². The first kappa shape index (κ1) is 15.3. The van der Waals surface area contributed by atoms with E-state index in [0.717, 1.165) is 38.8 Å². The number of carboxylic acid groups (broad SMARTS) is 1. The highest BCUT2D eigenvalue weighted by Crippen LogP contribution is 2.27. The minimum atomic E-state index is -0.708. The third-order valence-corrected chi connectivity index (χ3v) is 4.44. The molecule has 1 aliphatic carbocycles. The molecule has 1 aliphatic heterocycles. The number of nitrogens with zero attached hydrogens (tertiary/aromatic N) is 1. The van der Waals surface area contributed by atoms with E-state index in [2.05, 4.69) is 0 Å². The SMILES string of the molecule is CC(OC1CCC(C(=O)O)CC1)C(=O)N1CCCCC1. The van der Waals surface area contributed by atoms with Gasteiger partial charge in [-0.05, 0) is 51.9 Å². The molecule has 2 fully saturated rings. The molecule has 0 bridgehead atoms. The van der Waals surface area contributed by atoms with Crippen molar-refractivity contribution in [2.24, 2.45) is 5.92 Å². The molecule has 20 heavy (non-hydrogen) atoms. The Hall–Kier alpha value is -1.10. The Bertz CT molecular complexity index is 344. The summed E-state index contributed by atoms with van der Waals surface area (Å²) in [5, 5.41) is 8.96. The zero-order chi connectivity index (χ0) is 14.5. The van der Waals surface area contributed by atoms with Crippen LogP contribution in [0.5, 0.6) is 0 Å². The quantitative estimate of drug-likeness (QED) is 0.857. The van der Waals surface area contributed by atoms with E-state index in [4.69, 9.17) is 9.84 Å². The third kappa shape index (κ3) is 3.95. The van der Waals surface area contributed by atoms with Crippen molar-refractivity contribution in [2.45, 2.75) is 64.1 Å². The average Bonchev–Trinajstić information content (AvgIpc) is 2.48. The summed E-state index contributed by atoms with van der Waals surface area (Å²) in [7, 11) is 0. The summed E-state index contributed by atoms with van der Waals surface area (Å²) < 4.78 is 5.85. The fourth-order valence-electron chi connectivity index (χ4n) is 3.16. The van der Waals surface area contributed by atoms with E-state index in [1.165, 1.54) is 6.42 Å². The van der Waals surface area contributed by atoms with Crippen LogP contribution in [0.4, 0.5) is 0 Å². The molecule has 0 aromatic rings. The molecule has 1 amide bonds. The minimum absolute atomic E-state index is 0.0364. The molecule has 1 unspecified atom stereocenters. The number of piperidine rings is 1. The minimum Gasteiger partial charge on any atom is -0.481 e. The van der Waals surface area contributed by atoms with Crippen molar-refractivity contribution in [3.8, 4) is 0 Å². The molecule has 1 atom stereocenters. The van der Waals surface area contributed by atoms with E-state index in [1.54, 1.807) is 0 Å². The molecule has 1 saturated carbocycles. The molecule has 114 valence electrons. The van der Waals surface area contributed by atoms with Crippen molar-refractivity contribution in [1.29, 1.82) is 0 Å². The van der Waals surface area contributed by atoms with Gasteiger partial charge in [-0.3, -0.25) is 9.59 Å². The van der Waals surface area contributed by atoms with Crippen LogP contribution < -0.4 is 0 Å². The van der Waals surface area contributed by atoms with E-state index >= 15 is 0 Å². The maximum absolute atomic E-state index is 12.3. The van der Waals surface area contributed by atoms with E-state index in [0.29, 0.717) is 12.8 Å². The monoisotopic (exact) mass is 283 g/mol. The highest BCUT2D eigenvalue weighted by molar-refractivity contribution is 5.80. The van der Waals surface area contributed by atoms with Gasteiger partial charge in [0.1, 0.15) is 6.10 Å². The van der Waals surface area contributed by atoms with Gasteiger partial charge in [-0.25, -0.2) is 0 Å². The lowest BCUT2D eigenvalue weighted by Crippen LogP contribution is -2.43. The Morgan fingerprint density at radius 2 is 1.70 bits per heavy atom. The largest absolute Gasteiger partial charge is 0.481 e. The van der Waals surface area contributed by atoms with Crippen LogP contribution in [0.15, 0.2) is 0 Å². The number of ether oxygens (including phenoxy) is 1. The summed E-state index contributed by atoms with van der Waals surface area (Å²) in [4.78, 5) is 25.0. The maximum atomic E-state index is 12.3. The predicted octanol–water partition coefficient (Wildman–Crippen LogP) is 2.05. The third-order valence-electron chi connectivity index (χ3n) is 4.44. The molecule has 1 N–H and O–H groups in total. The Kier molecular flexibility index (Phi) is 5.40. The number of carboxylic acids is 1. The van der Waals surface area contributed by atoms with Gasteiger partial charge in [-0.2, -0.15) is 0 Å². The summed E-state index contributed by atoms with van der Waals surface area (Å²) in [5.74, 6) is -0.853. The van der Waals surface area contributed by atoms with Gasteiger partial charge in [0, 0.05) is 13.1 Å². The van der Waals surface area contributed by atoms with Gasteiger partial charge in [0.15, 0.2) is 0 Å². The number of hydrogen-bond donors (Lipinski definition) is 1. The number of likely N-dealkylation sites (tertiary alicyclic amines) is 1. The van der Waals surface area contributed by atoms with Crippen molar-refractivity contribution in [2.75, 3.05) is 13.1 Å². The van der Waals surface area contributed by atoms with Crippen molar-refractivity contribution < 1.29 is 19.4 Å². The molecule has 0 spiro atoms. The number of aliphatic carboxylic acids is 1. The standard InChI is InChI=1S/C15H25NO4/c1-11(14(17)16-9-3-2-4-10-16)20-13-7-5-12(6-8-13)15(18)19/h11-13H,2-10H2,1H3,(H,18,19). The van der Waals surface area contributed by atoms with Crippen molar-refractivity contribution in [3.63, 3.8) is 0 Å². The van der Waals surface area contributed by atoms with Gasteiger partial charge in [-0.1, -0.05) is 0 Å². The zero-order valence-electron chi connectivity index (χ0n) is 12.2. The van der Waals surface area contributed by atoms with E-state index in [-0.39, 0.29) is 17.9 Å². The van der Waals surface area contributed by atoms with Crippen LogP contribution in [0.25, 0.3) is 0 Å². The Labute approximate surface area is 120 Å². The average molecular weight is 283 g/mol. The fraction of sp³-hybridized carbons (Fsp3) is 0.867. The molecular formula is C15H25NO4. The predicted molar refractivity (Wildman–Crippen MR) is 74.4 cm³/mol. The molecule has 1 heterocycles. The number of hydrogen-bond acceptors (Lipinski definition) is 3. The summed E-state index contributed by atoms with van der Waals surface area (Å²) in [5.41, 5.74) is 0. The Balaban J connectivity index is 1.75. The maximum Gasteiger partial charge on any atom is 0.306 e. The molecule has 5 heteroatoms. The molecular weight excluding hydrogens is 258 g/mol. The molecule has 0 aromatic carbocycles. The molecule has 0 aromatic heterocycles. The second-order valence-corrected chi connectivity index (χ2v) is 5.98. The number of rotatable bonds is 4. The van der Waals surface area contributed by atoms with E-state index in [1.807, 2.05) is 11.8 Å². The molecule has 1 saturated heterocycles. The summed E-state index contributed by atoms with van der Waals surface area (Å²) in [6, 6.07) is 0. The lowest BCUT2D eigenvalue weighted by atomic mass is 9.87. The van der Waals surface area contributed by atoms with Crippen LogP contribution in [-0.4, -0.2) is 47.2 Å². The van der Waals surface area contributed by atoms with Crippen molar-refractivity contribution in [3.05, 3.63) is 0 Å². The van der Waals surface area contributed by atoms with Gasteiger partial charge in [0.05, 0.1) is 12.0 Å². The van der Waals surface area contributed by atoms with Gasteiger partial charge in [0.25, 0.3) is 5.91 Å². The number of amides is 1. The Morgan fingerprint density at radius 1 is 1.10 bits per heavy atom. The molecule has 0 radical (unpaired) electrons. The normalized spacial score (nSPS) is 28.9. The summed E-state index contributed by atoms with van der Waals surface area (Å²) in [6.07, 6.45) is 5.81. The second kappa shape index (κ2) is 7.07. The second-order valence-electron chi connectivity index (χ2n) is 5.98. The number of carbonyl (C=O) groups excluding carboxylic acids is 1. The van der Waals surface area contributed by atoms with Crippen molar-refractivity contribution >= 4 is 11.9 Å². The van der Waals surface area contributed by atoms with Gasteiger partial charge >= 0.3 is 5.97 Å². The van der Waals surface area contributed by atoms with Crippen LogP contribution in [-0.2, 0) is 14.3 Å². The molecule has 2 rings (SSSR count). The first-order chi connectivity index (χ1) is 9.58. The first-order valence-electron chi connectivity index (χ1n) is 7.75. The first-order valence-corrected chi connectivity index (χ1v) is 7.75. The van der Waals surface area contributed by atoms with Gasteiger partial charge in [-0.15, -0.1) is 0 Å². The fourth-order valence-corrected chi connectivity index (χ4v) is 3.16. The molecule has 2 aliphatic rings. The topological polar surface area (TPSA) is 66.8 Å². The van der Waals surface area contributed by atoms with Crippen LogP contribution in [0.2, 0.25) is 0 Å². The van der Waals surface area contributed by atoms with E-state index in [9.17, 15) is 9.59 Å². The van der Waals surface area contributed by atoms with Crippen LogP contribution in [0, 0.1) is 5.92 Å². The lowest BCUT2D eigenvalue weighted by Gasteiger charge is -2.32.